The van der Waals surface area contributed by atoms with Gasteiger partial charge < -0.3 is 16.0 Å². The Morgan fingerprint density at radius 2 is 1.97 bits per heavy atom. The lowest BCUT2D eigenvalue weighted by atomic mass is 9.89. The highest BCUT2D eigenvalue weighted by molar-refractivity contribution is 6.39. The van der Waals surface area contributed by atoms with Gasteiger partial charge in [-0.05, 0) is 60.4 Å². The highest BCUT2D eigenvalue weighted by Gasteiger charge is 2.34. The first kappa shape index (κ1) is 19.8. The fourth-order valence-corrected chi connectivity index (χ4v) is 4.00. The number of piperidine rings is 1. The molecule has 1 fully saturated rings. The molecule has 4 rings (SSSR count). The number of nitrogen functional groups attached to an aromatic ring is 1. The summed E-state index contributed by atoms with van der Waals surface area (Å²) in [7, 11) is 0. The number of pyridine rings is 2. The molecular formula is C23H25N5O2. The number of hydrogen-bond donors (Lipinski definition) is 2. The number of carbonyl (C=O) groups excluding carboxylic acids is 2. The maximum atomic E-state index is 13.1. The number of fused-ring (bicyclic) bond motifs is 1. The van der Waals surface area contributed by atoms with Gasteiger partial charge in [0.15, 0.2) is 0 Å². The molecule has 2 unspecified atom stereocenters. The van der Waals surface area contributed by atoms with E-state index in [9.17, 15) is 9.59 Å². The van der Waals surface area contributed by atoms with E-state index in [2.05, 4.69) is 28.3 Å². The van der Waals surface area contributed by atoms with Gasteiger partial charge in [-0.2, -0.15) is 0 Å². The summed E-state index contributed by atoms with van der Waals surface area (Å²) in [5, 5.41) is 4.79. The van der Waals surface area contributed by atoms with Gasteiger partial charge in [0.25, 0.3) is 0 Å². The number of nitrogens with two attached hydrogens (primary N) is 1. The molecule has 3 heterocycles. The molecule has 0 radical (unpaired) electrons. The van der Waals surface area contributed by atoms with Crippen LogP contribution in [0.2, 0.25) is 0 Å². The van der Waals surface area contributed by atoms with E-state index in [1.165, 1.54) is 6.20 Å². The summed E-state index contributed by atoms with van der Waals surface area (Å²) in [4.78, 5) is 35.7. The van der Waals surface area contributed by atoms with Crippen molar-refractivity contribution in [1.82, 2.24) is 14.9 Å². The highest BCUT2D eigenvalue weighted by atomic mass is 16.2. The Bertz CT molecular complexity index is 1110. The first-order valence-electron chi connectivity index (χ1n) is 10.1. The van der Waals surface area contributed by atoms with Gasteiger partial charge in [0.1, 0.15) is 5.82 Å². The highest BCUT2D eigenvalue weighted by Crippen LogP contribution is 2.34. The summed E-state index contributed by atoms with van der Waals surface area (Å²) < 4.78 is 0. The standard InChI is InChI=1S/C23H25N5O2/c1-14-3-6-20(17-4-5-18-11-25-8-7-16(18)10-17)28(13-14)23(30)22(29)27-19-9-15(2)21(24)26-12-19/h4-5,7-12,14,20H,3,6,13H2,1-2H3,(H2,24,26)(H,27,29). The van der Waals surface area contributed by atoms with Crippen LogP contribution in [0.5, 0.6) is 0 Å². The van der Waals surface area contributed by atoms with E-state index in [4.69, 9.17) is 5.73 Å². The molecule has 3 N–H and O–H groups in total. The minimum Gasteiger partial charge on any atom is -0.383 e. The number of benzene rings is 1. The van der Waals surface area contributed by atoms with Gasteiger partial charge in [0.05, 0.1) is 17.9 Å². The van der Waals surface area contributed by atoms with Crippen molar-refractivity contribution >= 4 is 34.1 Å². The zero-order valence-electron chi connectivity index (χ0n) is 17.1. The predicted molar refractivity (Wildman–Crippen MR) is 117 cm³/mol. The molecule has 1 aromatic carbocycles. The van der Waals surface area contributed by atoms with E-state index in [0.29, 0.717) is 24.0 Å². The smallest absolute Gasteiger partial charge is 0.313 e. The second-order valence-corrected chi connectivity index (χ2v) is 8.02. The van der Waals surface area contributed by atoms with Crippen LogP contribution in [0.25, 0.3) is 10.8 Å². The average molecular weight is 403 g/mol. The monoisotopic (exact) mass is 403 g/mol. The molecule has 0 bridgehead atoms. The summed E-state index contributed by atoms with van der Waals surface area (Å²) in [5.41, 5.74) is 7.97. The SMILES string of the molecule is Cc1cc(NC(=O)C(=O)N2CC(C)CCC2c2ccc3cnccc3c2)cnc1N. The normalized spacial score (nSPS) is 18.9. The van der Waals surface area contributed by atoms with Crippen LogP contribution >= 0.6 is 0 Å². The summed E-state index contributed by atoms with van der Waals surface area (Å²) in [6, 6.07) is 9.66. The number of anilines is 2. The molecule has 1 aliphatic rings. The van der Waals surface area contributed by atoms with Crippen molar-refractivity contribution in [3.63, 3.8) is 0 Å². The molecule has 7 heteroatoms. The molecule has 30 heavy (non-hydrogen) atoms. The van der Waals surface area contributed by atoms with Crippen molar-refractivity contribution in [3.8, 4) is 0 Å². The Kier molecular flexibility index (Phi) is 5.35. The second kappa shape index (κ2) is 8.10. The number of amides is 2. The molecular weight excluding hydrogens is 378 g/mol. The van der Waals surface area contributed by atoms with Gasteiger partial charge in [0.2, 0.25) is 0 Å². The lowest BCUT2D eigenvalue weighted by Gasteiger charge is -2.38. The Hall–Kier alpha value is -3.48. The molecule has 154 valence electrons. The Labute approximate surface area is 175 Å². The van der Waals surface area contributed by atoms with E-state index >= 15 is 0 Å². The largest absolute Gasteiger partial charge is 0.383 e. The fourth-order valence-electron chi connectivity index (χ4n) is 4.00. The third-order valence-corrected chi connectivity index (χ3v) is 5.70. The molecule has 7 nitrogen and oxygen atoms in total. The van der Waals surface area contributed by atoms with Gasteiger partial charge in [0, 0.05) is 24.3 Å². The number of nitrogens with one attached hydrogen (secondary N) is 1. The summed E-state index contributed by atoms with van der Waals surface area (Å²) in [5.74, 6) is -0.459. The van der Waals surface area contributed by atoms with E-state index < -0.39 is 11.8 Å². The van der Waals surface area contributed by atoms with Gasteiger partial charge in [-0.1, -0.05) is 19.1 Å². The molecule has 1 aliphatic heterocycles. The molecule has 1 saturated heterocycles. The average Bonchev–Trinajstić information content (AvgIpc) is 2.75. The van der Waals surface area contributed by atoms with Gasteiger partial charge in [-0.15, -0.1) is 0 Å². The van der Waals surface area contributed by atoms with Gasteiger partial charge in [-0.25, -0.2) is 4.98 Å². The van der Waals surface area contributed by atoms with Crippen molar-refractivity contribution in [2.75, 3.05) is 17.6 Å². The lowest BCUT2D eigenvalue weighted by molar-refractivity contribution is -0.146. The Balaban J connectivity index is 1.58. The molecule has 2 amide bonds. The number of carbonyl (C=O) groups is 2. The molecule has 0 spiro atoms. The lowest BCUT2D eigenvalue weighted by Crippen LogP contribution is -2.46. The second-order valence-electron chi connectivity index (χ2n) is 8.02. The third-order valence-electron chi connectivity index (χ3n) is 5.70. The van der Waals surface area contributed by atoms with Crippen molar-refractivity contribution in [2.45, 2.75) is 32.7 Å². The summed E-state index contributed by atoms with van der Waals surface area (Å²) in [6.45, 7) is 4.45. The number of aryl methyl sites for hydroxylation is 1. The number of likely N-dealkylation sites (tertiary alicyclic amines) is 1. The molecule has 0 saturated carbocycles. The van der Waals surface area contributed by atoms with Crippen molar-refractivity contribution in [1.29, 1.82) is 0 Å². The molecule has 2 atom stereocenters. The zero-order chi connectivity index (χ0) is 21.3. The minimum atomic E-state index is -0.662. The summed E-state index contributed by atoms with van der Waals surface area (Å²) >= 11 is 0. The topological polar surface area (TPSA) is 101 Å². The van der Waals surface area contributed by atoms with Gasteiger partial charge in [-0.3, -0.25) is 14.6 Å². The van der Waals surface area contributed by atoms with Crippen molar-refractivity contribution < 1.29 is 9.59 Å². The Morgan fingerprint density at radius 1 is 1.13 bits per heavy atom. The zero-order valence-corrected chi connectivity index (χ0v) is 17.1. The molecule has 3 aromatic rings. The van der Waals surface area contributed by atoms with E-state index in [1.807, 2.05) is 24.4 Å². The maximum absolute atomic E-state index is 13.1. The van der Waals surface area contributed by atoms with Crippen molar-refractivity contribution in [2.24, 2.45) is 5.92 Å². The van der Waals surface area contributed by atoms with Gasteiger partial charge >= 0.3 is 11.8 Å². The molecule has 2 aromatic heterocycles. The van der Waals surface area contributed by atoms with Crippen LogP contribution in [0, 0.1) is 12.8 Å². The van der Waals surface area contributed by atoms with Crippen LogP contribution in [0.3, 0.4) is 0 Å². The maximum Gasteiger partial charge on any atom is 0.313 e. The first-order chi connectivity index (χ1) is 14.4. The first-order valence-corrected chi connectivity index (χ1v) is 10.1. The van der Waals surface area contributed by atoms with Crippen LogP contribution in [-0.2, 0) is 9.59 Å². The Morgan fingerprint density at radius 3 is 2.77 bits per heavy atom. The molecule has 0 aliphatic carbocycles. The third kappa shape index (κ3) is 3.96. The van der Waals surface area contributed by atoms with Crippen LogP contribution in [0.4, 0.5) is 11.5 Å². The number of nitrogens with zero attached hydrogens (tertiary/aromatic N) is 3. The quantitative estimate of drug-likeness (QED) is 0.638. The van der Waals surface area contributed by atoms with Crippen LogP contribution in [0.15, 0.2) is 48.9 Å². The number of rotatable bonds is 2. The van der Waals surface area contributed by atoms with Crippen LogP contribution in [-0.4, -0.2) is 33.2 Å². The van der Waals surface area contributed by atoms with Crippen LogP contribution < -0.4 is 11.1 Å². The van der Waals surface area contributed by atoms with Crippen LogP contribution in [0.1, 0.15) is 36.9 Å². The van der Waals surface area contributed by atoms with Crippen molar-refractivity contribution in [3.05, 3.63) is 60.0 Å². The minimum absolute atomic E-state index is 0.136. The van der Waals surface area contributed by atoms with E-state index in [0.717, 1.165) is 34.7 Å². The predicted octanol–water partition coefficient (Wildman–Crippen LogP) is 3.46. The summed E-state index contributed by atoms with van der Waals surface area (Å²) in [6.07, 6.45) is 6.86. The van der Waals surface area contributed by atoms with E-state index in [-0.39, 0.29) is 6.04 Å². The fraction of sp³-hybridized carbons (Fsp3) is 0.304. The number of hydrogen-bond acceptors (Lipinski definition) is 5. The number of aromatic nitrogens is 2. The van der Waals surface area contributed by atoms with E-state index in [1.54, 1.807) is 24.1 Å².